The van der Waals surface area contributed by atoms with Crippen LogP contribution in [0.3, 0.4) is 0 Å². The normalized spacial score (nSPS) is 29.9. The number of rotatable bonds is 2. The molecule has 6 rings (SSSR count). The van der Waals surface area contributed by atoms with Gasteiger partial charge in [-0.3, -0.25) is 19.8 Å². The molecule has 8 heteroatoms. The number of carbonyl (C=O) groups excluding carboxylic acids is 4. The SMILES string of the molecule is Cc1ccc(C2CCC3(CC2)C(=O)N(C)C(=O)N3C)cc1.Cc1ccc(C2CCC3(CC2)NC(=O)NC3=O)cc1. The lowest BCUT2D eigenvalue weighted by Crippen LogP contribution is -2.50. The molecule has 2 heterocycles. The van der Waals surface area contributed by atoms with E-state index in [1.807, 2.05) is 0 Å². The molecule has 6 amide bonds. The van der Waals surface area contributed by atoms with Crippen LogP contribution in [-0.4, -0.2) is 58.8 Å². The van der Waals surface area contributed by atoms with Gasteiger partial charge in [0.2, 0.25) is 0 Å². The molecule has 8 nitrogen and oxygen atoms in total. The lowest BCUT2D eigenvalue weighted by molar-refractivity contribution is -0.133. The van der Waals surface area contributed by atoms with E-state index in [0.29, 0.717) is 11.8 Å². The van der Waals surface area contributed by atoms with Crippen LogP contribution in [0.1, 0.15) is 85.5 Å². The predicted octanol–water partition coefficient (Wildman–Crippen LogP) is 5.15. The highest BCUT2D eigenvalue weighted by Crippen LogP contribution is 2.44. The monoisotopic (exact) mass is 544 g/mol. The van der Waals surface area contributed by atoms with Gasteiger partial charge in [-0.1, -0.05) is 59.7 Å². The Kier molecular flexibility index (Phi) is 7.46. The van der Waals surface area contributed by atoms with Crippen LogP contribution in [0, 0.1) is 13.8 Å². The third-order valence-corrected chi connectivity index (χ3v) is 9.68. The third-order valence-electron chi connectivity index (χ3n) is 9.68. The van der Waals surface area contributed by atoms with Crippen molar-refractivity contribution in [3.8, 4) is 0 Å². The molecular formula is C32H40N4O4. The molecule has 2 N–H and O–H groups in total. The summed E-state index contributed by atoms with van der Waals surface area (Å²) >= 11 is 0. The molecular weight excluding hydrogens is 504 g/mol. The maximum Gasteiger partial charge on any atom is 0.327 e. The Morgan fingerprint density at radius 3 is 1.52 bits per heavy atom. The molecule has 0 unspecified atom stereocenters. The van der Waals surface area contributed by atoms with Gasteiger partial charge in [-0.15, -0.1) is 0 Å². The van der Waals surface area contributed by atoms with Crippen molar-refractivity contribution in [2.24, 2.45) is 0 Å². The summed E-state index contributed by atoms with van der Waals surface area (Å²) in [5.74, 6) is 0.812. The summed E-state index contributed by atoms with van der Waals surface area (Å²) in [6.45, 7) is 4.17. The van der Waals surface area contributed by atoms with Crippen LogP contribution in [0.2, 0.25) is 0 Å². The third kappa shape index (κ3) is 5.00. The minimum atomic E-state index is -0.641. The summed E-state index contributed by atoms with van der Waals surface area (Å²) in [5, 5.41) is 5.15. The van der Waals surface area contributed by atoms with E-state index in [1.54, 1.807) is 19.0 Å². The lowest BCUT2D eigenvalue weighted by Gasteiger charge is -2.39. The lowest BCUT2D eigenvalue weighted by atomic mass is 9.73. The quantitative estimate of drug-likeness (QED) is 0.511. The number of urea groups is 2. The van der Waals surface area contributed by atoms with Crippen molar-refractivity contribution in [1.82, 2.24) is 20.4 Å². The van der Waals surface area contributed by atoms with E-state index >= 15 is 0 Å². The van der Waals surface area contributed by atoms with E-state index in [1.165, 1.54) is 27.2 Å². The summed E-state index contributed by atoms with van der Waals surface area (Å²) in [7, 11) is 3.35. The van der Waals surface area contributed by atoms with Gasteiger partial charge in [0.05, 0.1) is 0 Å². The van der Waals surface area contributed by atoms with E-state index in [0.717, 1.165) is 51.4 Å². The first-order valence-corrected chi connectivity index (χ1v) is 14.4. The minimum Gasteiger partial charge on any atom is -0.323 e. The van der Waals surface area contributed by atoms with Crippen LogP contribution in [0.25, 0.3) is 0 Å². The van der Waals surface area contributed by atoms with Gasteiger partial charge in [0.1, 0.15) is 11.1 Å². The first kappa shape index (κ1) is 27.9. The summed E-state index contributed by atoms with van der Waals surface area (Å²) in [6.07, 6.45) is 6.77. The second-order valence-corrected chi connectivity index (χ2v) is 12.1. The van der Waals surface area contributed by atoms with Crippen molar-refractivity contribution in [2.75, 3.05) is 14.1 Å². The second kappa shape index (κ2) is 10.7. The average molecular weight is 545 g/mol. The molecule has 4 aliphatic rings. The fourth-order valence-electron chi connectivity index (χ4n) is 6.93. The zero-order chi connectivity index (χ0) is 28.7. The number of amides is 6. The highest BCUT2D eigenvalue weighted by atomic mass is 16.2. The predicted molar refractivity (Wildman–Crippen MR) is 153 cm³/mol. The molecule has 2 spiro atoms. The molecule has 40 heavy (non-hydrogen) atoms. The molecule has 212 valence electrons. The zero-order valence-electron chi connectivity index (χ0n) is 24.0. The molecule has 2 aromatic rings. The van der Waals surface area contributed by atoms with Crippen molar-refractivity contribution < 1.29 is 19.2 Å². The Hall–Kier alpha value is -3.68. The van der Waals surface area contributed by atoms with Crippen LogP contribution < -0.4 is 10.6 Å². The molecule has 4 fully saturated rings. The number of hydrogen-bond donors (Lipinski definition) is 2. The standard InChI is InChI=1S/C17H22N2O2.C15H18N2O2/c1-12-4-6-13(7-5-12)14-8-10-17(11-9-14)15(20)18(2)16(21)19(17)3;1-10-2-4-11(5-3-10)12-6-8-15(9-7-12)13(18)16-14(19)17-15/h4-7,14H,8-11H2,1-3H3;2-5,12H,6-9H2,1H3,(H2,16,17,18,19). The maximum absolute atomic E-state index is 12.5. The van der Waals surface area contributed by atoms with E-state index in [2.05, 4.69) is 73.0 Å². The van der Waals surface area contributed by atoms with Crippen molar-refractivity contribution in [2.45, 2.75) is 88.1 Å². The molecule has 0 bridgehead atoms. The fourth-order valence-corrected chi connectivity index (χ4v) is 6.93. The summed E-state index contributed by atoms with van der Waals surface area (Å²) in [5.41, 5.74) is 3.99. The Morgan fingerprint density at radius 2 is 1.15 bits per heavy atom. The van der Waals surface area contributed by atoms with Crippen molar-refractivity contribution in [3.05, 3.63) is 70.8 Å². The van der Waals surface area contributed by atoms with Gasteiger partial charge in [-0.25, -0.2) is 9.59 Å². The van der Waals surface area contributed by atoms with E-state index in [4.69, 9.17) is 0 Å². The number of benzene rings is 2. The Balaban J connectivity index is 0.000000162. The minimum absolute atomic E-state index is 0.0302. The summed E-state index contributed by atoms with van der Waals surface area (Å²) < 4.78 is 0. The van der Waals surface area contributed by atoms with Crippen LogP contribution in [0.4, 0.5) is 9.59 Å². The van der Waals surface area contributed by atoms with E-state index in [9.17, 15) is 19.2 Å². The van der Waals surface area contributed by atoms with Gasteiger partial charge in [-0.2, -0.15) is 0 Å². The number of aryl methyl sites for hydroxylation is 2. The molecule has 2 aliphatic carbocycles. The highest BCUT2D eigenvalue weighted by Gasteiger charge is 2.55. The van der Waals surface area contributed by atoms with Gasteiger partial charge in [0, 0.05) is 14.1 Å². The maximum atomic E-state index is 12.5. The molecule has 0 aromatic heterocycles. The number of hydrogen-bond acceptors (Lipinski definition) is 4. The van der Waals surface area contributed by atoms with Gasteiger partial charge in [0.25, 0.3) is 11.8 Å². The summed E-state index contributed by atoms with van der Waals surface area (Å²) in [4.78, 5) is 50.5. The summed E-state index contributed by atoms with van der Waals surface area (Å²) in [6, 6.07) is 16.7. The van der Waals surface area contributed by atoms with E-state index in [-0.39, 0.29) is 23.9 Å². The first-order valence-electron chi connectivity index (χ1n) is 14.4. The molecule has 2 aromatic carbocycles. The van der Waals surface area contributed by atoms with Gasteiger partial charge in [0.15, 0.2) is 0 Å². The zero-order valence-corrected chi connectivity index (χ0v) is 24.0. The Bertz CT molecular complexity index is 1290. The average Bonchev–Trinajstić information content (AvgIpc) is 3.31. The van der Waals surface area contributed by atoms with Crippen LogP contribution in [-0.2, 0) is 9.59 Å². The number of carbonyl (C=O) groups is 4. The Labute approximate surface area is 236 Å². The molecule has 2 saturated carbocycles. The first-order chi connectivity index (χ1) is 19.0. The van der Waals surface area contributed by atoms with Crippen molar-refractivity contribution >= 4 is 23.9 Å². The fraction of sp³-hybridized carbons (Fsp3) is 0.500. The molecule has 0 radical (unpaired) electrons. The van der Waals surface area contributed by atoms with Gasteiger partial charge < -0.3 is 10.2 Å². The number of nitrogens with one attached hydrogen (secondary N) is 2. The number of imide groups is 2. The van der Waals surface area contributed by atoms with Crippen LogP contribution >= 0.6 is 0 Å². The van der Waals surface area contributed by atoms with Crippen LogP contribution in [0.15, 0.2) is 48.5 Å². The van der Waals surface area contributed by atoms with Crippen molar-refractivity contribution in [3.63, 3.8) is 0 Å². The topological polar surface area (TPSA) is 98.8 Å². The molecule has 2 aliphatic heterocycles. The van der Waals surface area contributed by atoms with Crippen LogP contribution in [0.5, 0.6) is 0 Å². The second-order valence-electron chi connectivity index (χ2n) is 12.1. The highest BCUT2D eigenvalue weighted by molar-refractivity contribution is 6.07. The smallest absolute Gasteiger partial charge is 0.323 e. The number of nitrogens with zero attached hydrogens (tertiary/aromatic N) is 2. The number of likely N-dealkylation sites (N-methyl/N-ethyl adjacent to an activating group) is 2. The van der Waals surface area contributed by atoms with Gasteiger partial charge in [-0.05, 0) is 88.2 Å². The van der Waals surface area contributed by atoms with E-state index < -0.39 is 11.1 Å². The Morgan fingerprint density at radius 1 is 0.700 bits per heavy atom. The largest absolute Gasteiger partial charge is 0.327 e. The van der Waals surface area contributed by atoms with Gasteiger partial charge >= 0.3 is 12.1 Å². The molecule has 2 saturated heterocycles. The molecule has 0 atom stereocenters. The van der Waals surface area contributed by atoms with Crippen molar-refractivity contribution in [1.29, 1.82) is 0 Å².